The van der Waals surface area contributed by atoms with Crippen LogP contribution in [0.3, 0.4) is 0 Å². The monoisotopic (exact) mass is 266 g/mol. The molecule has 108 valence electrons. The third-order valence-corrected chi connectivity index (χ3v) is 3.82. The van der Waals surface area contributed by atoms with Crippen LogP contribution in [0.4, 0.5) is 0 Å². The Bertz CT molecular complexity index is 413. The van der Waals surface area contributed by atoms with Gasteiger partial charge < -0.3 is 9.84 Å². The van der Waals surface area contributed by atoms with Crippen LogP contribution in [0.5, 0.6) is 0 Å². The highest BCUT2D eigenvalue weighted by atomic mass is 16.5. The number of piperazine rings is 1. The van der Waals surface area contributed by atoms with Gasteiger partial charge in [-0.2, -0.15) is 4.98 Å². The summed E-state index contributed by atoms with van der Waals surface area (Å²) in [5, 5.41) is 7.61. The maximum absolute atomic E-state index is 5.03. The summed E-state index contributed by atoms with van der Waals surface area (Å²) < 4.78 is 5.03. The SMILES string of the molecule is Cc1nc(CCN2CC(C)(C)NCC2C(C)C)no1. The smallest absolute Gasteiger partial charge is 0.223 e. The predicted molar refractivity (Wildman–Crippen MR) is 75.0 cm³/mol. The van der Waals surface area contributed by atoms with Gasteiger partial charge in [0.25, 0.3) is 0 Å². The number of aryl methyl sites for hydroxylation is 1. The molecule has 1 atom stereocenters. The average molecular weight is 266 g/mol. The van der Waals surface area contributed by atoms with Gasteiger partial charge in [0.15, 0.2) is 5.82 Å². The quantitative estimate of drug-likeness (QED) is 0.897. The van der Waals surface area contributed by atoms with E-state index >= 15 is 0 Å². The van der Waals surface area contributed by atoms with Crippen LogP contribution in [0.2, 0.25) is 0 Å². The number of aromatic nitrogens is 2. The van der Waals surface area contributed by atoms with E-state index in [-0.39, 0.29) is 5.54 Å². The molecule has 0 radical (unpaired) electrons. The fourth-order valence-corrected chi connectivity index (χ4v) is 2.78. The minimum absolute atomic E-state index is 0.179. The molecule has 5 heteroatoms. The molecule has 0 aliphatic carbocycles. The van der Waals surface area contributed by atoms with Gasteiger partial charge in [-0.25, -0.2) is 0 Å². The highest BCUT2D eigenvalue weighted by Gasteiger charge is 2.33. The highest BCUT2D eigenvalue weighted by molar-refractivity contribution is 4.95. The van der Waals surface area contributed by atoms with Crippen molar-refractivity contribution in [1.29, 1.82) is 0 Å². The lowest BCUT2D eigenvalue weighted by Crippen LogP contribution is -2.63. The number of hydrogen-bond donors (Lipinski definition) is 1. The highest BCUT2D eigenvalue weighted by Crippen LogP contribution is 2.20. The number of nitrogens with zero attached hydrogens (tertiary/aromatic N) is 3. The van der Waals surface area contributed by atoms with Crippen molar-refractivity contribution in [1.82, 2.24) is 20.4 Å². The van der Waals surface area contributed by atoms with Crippen molar-refractivity contribution in [2.45, 2.75) is 52.6 Å². The van der Waals surface area contributed by atoms with Crippen LogP contribution in [0.1, 0.15) is 39.4 Å². The first kappa shape index (κ1) is 14.5. The number of rotatable bonds is 4. The molecule has 5 nitrogen and oxygen atoms in total. The molecule has 0 aromatic carbocycles. The van der Waals surface area contributed by atoms with Crippen LogP contribution in [-0.2, 0) is 6.42 Å². The largest absolute Gasteiger partial charge is 0.340 e. The second-order valence-corrected chi connectivity index (χ2v) is 6.53. The molecule has 1 N–H and O–H groups in total. The van der Waals surface area contributed by atoms with E-state index in [1.807, 2.05) is 6.92 Å². The van der Waals surface area contributed by atoms with Crippen molar-refractivity contribution in [2.24, 2.45) is 5.92 Å². The van der Waals surface area contributed by atoms with Gasteiger partial charge in [-0.1, -0.05) is 19.0 Å². The van der Waals surface area contributed by atoms with Crippen LogP contribution in [-0.4, -0.2) is 46.3 Å². The molecule has 1 unspecified atom stereocenters. The van der Waals surface area contributed by atoms with Crippen LogP contribution in [0.15, 0.2) is 4.52 Å². The number of hydrogen-bond acceptors (Lipinski definition) is 5. The number of nitrogens with one attached hydrogen (secondary N) is 1. The Labute approximate surface area is 115 Å². The first-order valence-corrected chi connectivity index (χ1v) is 7.16. The molecular weight excluding hydrogens is 240 g/mol. The Morgan fingerprint density at radius 1 is 1.47 bits per heavy atom. The molecule has 1 aromatic heterocycles. The Morgan fingerprint density at radius 3 is 2.79 bits per heavy atom. The first-order chi connectivity index (χ1) is 8.87. The lowest BCUT2D eigenvalue weighted by atomic mass is 9.93. The van der Waals surface area contributed by atoms with Gasteiger partial charge in [-0.3, -0.25) is 4.90 Å². The lowest BCUT2D eigenvalue weighted by Gasteiger charge is -2.46. The molecular formula is C14H26N4O. The van der Waals surface area contributed by atoms with E-state index in [0.717, 1.165) is 31.9 Å². The zero-order valence-corrected chi connectivity index (χ0v) is 12.7. The molecule has 1 aromatic rings. The van der Waals surface area contributed by atoms with E-state index in [9.17, 15) is 0 Å². The first-order valence-electron chi connectivity index (χ1n) is 7.16. The third-order valence-electron chi connectivity index (χ3n) is 3.82. The second kappa shape index (κ2) is 5.59. The van der Waals surface area contributed by atoms with Gasteiger partial charge in [-0.15, -0.1) is 0 Å². The van der Waals surface area contributed by atoms with Crippen molar-refractivity contribution in [3.05, 3.63) is 11.7 Å². The Morgan fingerprint density at radius 2 is 2.21 bits per heavy atom. The van der Waals surface area contributed by atoms with Crippen molar-refractivity contribution < 1.29 is 4.52 Å². The van der Waals surface area contributed by atoms with Crippen LogP contribution < -0.4 is 5.32 Å². The summed E-state index contributed by atoms with van der Waals surface area (Å²) in [6.07, 6.45) is 0.858. The summed E-state index contributed by atoms with van der Waals surface area (Å²) in [4.78, 5) is 6.84. The van der Waals surface area contributed by atoms with Gasteiger partial charge in [0, 0.05) is 44.6 Å². The molecule has 1 fully saturated rings. The molecule has 0 spiro atoms. The molecule has 0 bridgehead atoms. The molecule has 0 saturated carbocycles. The Kier molecular flexibility index (Phi) is 4.26. The molecule has 0 amide bonds. The standard InChI is InChI=1S/C14H26N4O/c1-10(2)12-8-15-14(4,5)9-18(12)7-6-13-16-11(3)19-17-13/h10,12,15H,6-9H2,1-5H3. The maximum atomic E-state index is 5.03. The van der Waals surface area contributed by atoms with Gasteiger partial charge in [-0.05, 0) is 19.8 Å². The average Bonchev–Trinajstić information content (AvgIpc) is 2.71. The van der Waals surface area contributed by atoms with Gasteiger partial charge in [0.1, 0.15) is 0 Å². The molecule has 19 heavy (non-hydrogen) atoms. The molecule has 1 saturated heterocycles. The van der Waals surface area contributed by atoms with Crippen molar-refractivity contribution >= 4 is 0 Å². The van der Waals surface area contributed by atoms with E-state index in [2.05, 4.69) is 48.1 Å². The third kappa shape index (κ3) is 3.76. The summed E-state index contributed by atoms with van der Waals surface area (Å²) in [6.45, 7) is 14.0. The summed E-state index contributed by atoms with van der Waals surface area (Å²) in [7, 11) is 0. The fraction of sp³-hybridized carbons (Fsp3) is 0.857. The molecule has 1 aliphatic rings. The maximum Gasteiger partial charge on any atom is 0.223 e. The van der Waals surface area contributed by atoms with E-state index in [0.29, 0.717) is 17.9 Å². The van der Waals surface area contributed by atoms with E-state index in [4.69, 9.17) is 4.52 Å². The van der Waals surface area contributed by atoms with Gasteiger partial charge in [0.05, 0.1) is 0 Å². The van der Waals surface area contributed by atoms with Crippen LogP contribution in [0, 0.1) is 12.8 Å². The van der Waals surface area contributed by atoms with Gasteiger partial charge >= 0.3 is 0 Å². The molecule has 2 rings (SSSR count). The zero-order chi connectivity index (χ0) is 14.0. The van der Waals surface area contributed by atoms with E-state index in [1.54, 1.807) is 0 Å². The minimum atomic E-state index is 0.179. The minimum Gasteiger partial charge on any atom is -0.340 e. The molecule has 2 heterocycles. The van der Waals surface area contributed by atoms with Crippen molar-refractivity contribution in [3.63, 3.8) is 0 Å². The summed E-state index contributed by atoms with van der Waals surface area (Å²) in [5.41, 5.74) is 0.179. The summed E-state index contributed by atoms with van der Waals surface area (Å²) in [5.74, 6) is 2.11. The zero-order valence-electron chi connectivity index (χ0n) is 12.7. The van der Waals surface area contributed by atoms with E-state index in [1.165, 1.54) is 0 Å². The Hall–Kier alpha value is -0.940. The summed E-state index contributed by atoms with van der Waals surface area (Å²) in [6, 6.07) is 0.584. The van der Waals surface area contributed by atoms with Crippen molar-refractivity contribution in [3.8, 4) is 0 Å². The van der Waals surface area contributed by atoms with E-state index < -0.39 is 0 Å². The second-order valence-electron chi connectivity index (χ2n) is 6.53. The predicted octanol–water partition coefficient (Wildman–Crippen LogP) is 1.63. The van der Waals surface area contributed by atoms with Crippen LogP contribution >= 0.6 is 0 Å². The van der Waals surface area contributed by atoms with Crippen molar-refractivity contribution in [2.75, 3.05) is 19.6 Å². The topological polar surface area (TPSA) is 54.2 Å². The fourth-order valence-electron chi connectivity index (χ4n) is 2.78. The lowest BCUT2D eigenvalue weighted by molar-refractivity contribution is 0.0699. The van der Waals surface area contributed by atoms with Crippen LogP contribution in [0.25, 0.3) is 0 Å². The molecule has 1 aliphatic heterocycles. The normalized spacial score (nSPS) is 24.0. The van der Waals surface area contributed by atoms with Gasteiger partial charge in [0.2, 0.25) is 5.89 Å². The summed E-state index contributed by atoms with van der Waals surface area (Å²) >= 11 is 0. The Balaban J connectivity index is 1.97.